The SMILES string of the molecule is CCCCN(OCC)C(N)=O. The van der Waals surface area contributed by atoms with Crippen LogP contribution < -0.4 is 5.73 Å². The third-order valence-electron chi connectivity index (χ3n) is 1.25. The summed E-state index contributed by atoms with van der Waals surface area (Å²) < 4.78 is 0. The van der Waals surface area contributed by atoms with Gasteiger partial charge in [0.15, 0.2) is 0 Å². The van der Waals surface area contributed by atoms with E-state index in [0.29, 0.717) is 13.2 Å². The van der Waals surface area contributed by atoms with E-state index in [1.165, 1.54) is 5.06 Å². The number of hydroxylamine groups is 2. The second-order valence-corrected chi connectivity index (χ2v) is 2.21. The van der Waals surface area contributed by atoms with Gasteiger partial charge in [0.1, 0.15) is 0 Å². The summed E-state index contributed by atoms with van der Waals surface area (Å²) in [5.74, 6) is 0. The lowest BCUT2D eigenvalue weighted by Gasteiger charge is -2.17. The van der Waals surface area contributed by atoms with Crippen LogP contribution in [-0.2, 0) is 4.84 Å². The van der Waals surface area contributed by atoms with E-state index in [0.717, 1.165) is 12.8 Å². The molecule has 66 valence electrons. The van der Waals surface area contributed by atoms with E-state index in [1.807, 2.05) is 13.8 Å². The average molecular weight is 160 g/mol. The molecular formula is C7H16N2O2. The van der Waals surface area contributed by atoms with E-state index in [9.17, 15) is 4.79 Å². The Hall–Kier alpha value is -0.770. The Morgan fingerprint density at radius 2 is 2.18 bits per heavy atom. The molecule has 0 saturated carbocycles. The molecule has 0 aliphatic carbocycles. The highest BCUT2D eigenvalue weighted by Crippen LogP contribution is 1.95. The maximum absolute atomic E-state index is 10.6. The highest BCUT2D eigenvalue weighted by Gasteiger charge is 2.07. The van der Waals surface area contributed by atoms with Gasteiger partial charge < -0.3 is 5.73 Å². The van der Waals surface area contributed by atoms with Crippen molar-refractivity contribution < 1.29 is 9.63 Å². The van der Waals surface area contributed by atoms with Crippen LogP contribution in [0.25, 0.3) is 0 Å². The smallest absolute Gasteiger partial charge is 0.338 e. The van der Waals surface area contributed by atoms with Crippen LogP contribution in [0.5, 0.6) is 0 Å². The van der Waals surface area contributed by atoms with Crippen molar-refractivity contribution in [2.75, 3.05) is 13.2 Å². The van der Waals surface area contributed by atoms with Crippen molar-refractivity contribution in [3.8, 4) is 0 Å². The molecule has 0 aromatic rings. The Labute approximate surface area is 67.3 Å². The molecule has 0 aromatic heterocycles. The predicted molar refractivity (Wildman–Crippen MR) is 42.8 cm³/mol. The van der Waals surface area contributed by atoms with Crippen LogP contribution in [0.15, 0.2) is 0 Å². The molecule has 0 heterocycles. The molecule has 0 bridgehead atoms. The van der Waals surface area contributed by atoms with Gasteiger partial charge in [0.25, 0.3) is 0 Å². The van der Waals surface area contributed by atoms with Gasteiger partial charge in [-0.15, -0.1) is 0 Å². The van der Waals surface area contributed by atoms with Crippen molar-refractivity contribution in [1.29, 1.82) is 0 Å². The van der Waals surface area contributed by atoms with E-state index >= 15 is 0 Å². The van der Waals surface area contributed by atoms with Gasteiger partial charge in [-0.1, -0.05) is 13.3 Å². The molecule has 4 nitrogen and oxygen atoms in total. The van der Waals surface area contributed by atoms with E-state index in [2.05, 4.69) is 0 Å². The topological polar surface area (TPSA) is 55.6 Å². The minimum Gasteiger partial charge on any atom is -0.350 e. The molecule has 2 N–H and O–H groups in total. The summed E-state index contributed by atoms with van der Waals surface area (Å²) in [7, 11) is 0. The van der Waals surface area contributed by atoms with Crippen LogP contribution in [0.4, 0.5) is 4.79 Å². The Balaban J connectivity index is 3.60. The molecule has 0 unspecified atom stereocenters. The first-order valence-electron chi connectivity index (χ1n) is 3.92. The van der Waals surface area contributed by atoms with E-state index in [1.54, 1.807) is 0 Å². The molecule has 11 heavy (non-hydrogen) atoms. The van der Waals surface area contributed by atoms with Gasteiger partial charge in [0, 0.05) is 0 Å². The van der Waals surface area contributed by atoms with Gasteiger partial charge in [-0.2, -0.15) is 0 Å². The zero-order valence-corrected chi connectivity index (χ0v) is 7.17. The summed E-state index contributed by atoms with van der Waals surface area (Å²) in [6.45, 7) is 4.93. The lowest BCUT2D eigenvalue weighted by Crippen LogP contribution is -2.36. The number of amides is 2. The molecule has 0 rings (SSSR count). The fourth-order valence-corrected chi connectivity index (χ4v) is 0.696. The maximum Gasteiger partial charge on any atom is 0.338 e. The van der Waals surface area contributed by atoms with Crippen molar-refractivity contribution in [1.82, 2.24) is 5.06 Å². The predicted octanol–water partition coefficient (Wildman–Crippen LogP) is 1.12. The number of unbranched alkanes of at least 4 members (excludes halogenated alkanes) is 1. The molecule has 2 amide bonds. The second kappa shape index (κ2) is 5.97. The van der Waals surface area contributed by atoms with E-state index in [4.69, 9.17) is 10.6 Å². The molecule has 0 aliphatic rings. The van der Waals surface area contributed by atoms with Crippen LogP contribution in [-0.4, -0.2) is 24.2 Å². The molecule has 0 aliphatic heterocycles. The van der Waals surface area contributed by atoms with Crippen molar-refractivity contribution in [2.24, 2.45) is 5.73 Å². The molecule has 0 atom stereocenters. The lowest BCUT2D eigenvalue weighted by atomic mass is 10.3. The second-order valence-electron chi connectivity index (χ2n) is 2.21. The number of hydrogen-bond donors (Lipinski definition) is 1. The Morgan fingerprint density at radius 3 is 2.55 bits per heavy atom. The van der Waals surface area contributed by atoms with Crippen LogP contribution in [0.2, 0.25) is 0 Å². The summed E-state index contributed by atoms with van der Waals surface area (Å²) >= 11 is 0. The number of urea groups is 1. The van der Waals surface area contributed by atoms with Crippen molar-refractivity contribution in [3.05, 3.63) is 0 Å². The standard InChI is InChI=1S/C7H16N2O2/c1-3-5-6-9(7(8)10)11-4-2/h3-6H2,1-2H3,(H2,8,10). The number of carbonyl (C=O) groups excluding carboxylic acids is 1. The summed E-state index contributed by atoms with van der Waals surface area (Å²) in [6.07, 6.45) is 1.94. The fourth-order valence-electron chi connectivity index (χ4n) is 0.696. The minimum atomic E-state index is -0.514. The summed E-state index contributed by atoms with van der Waals surface area (Å²) in [5, 5.41) is 1.20. The third-order valence-corrected chi connectivity index (χ3v) is 1.25. The highest BCUT2D eigenvalue weighted by atomic mass is 16.7. The number of primary amides is 1. The van der Waals surface area contributed by atoms with Crippen LogP contribution in [0, 0.1) is 0 Å². The van der Waals surface area contributed by atoms with E-state index in [-0.39, 0.29) is 0 Å². The number of rotatable bonds is 5. The van der Waals surface area contributed by atoms with Crippen LogP contribution in [0.3, 0.4) is 0 Å². The zero-order chi connectivity index (χ0) is 8.69. The van der Waals surface area contributed by atoms with Crippen LogP contribution >= 0.6 is 0 Å². The molecule has 0 fully saturated rings. The third kappa shape index (κ3) is 4.61. The largest absolute Gasteiger partial charge is 0.350 e. The average Bonchev–Trinajstić information content (AvgIpc) is 1.97. The molecule has 4 heteroatoms. The molecule has 0 spiro atoms. The van der Waals surface area contributed by atoms with Gasteiger partial charge >= 0.3 is 6.03 Å². The van der Waals surface area contributed by atoms with Crippen molar-refractivity contribution in [3.63, 3.8) is 0 Å². The summed E-state index contributed by atoms with van der Waals surface area (Å²) in [5.41, 5.74) is 5.03. The van der Waals surface area contributed by atoms with Gasteiger partial charge in [0.2, 0.25) is 0 Å². The first-order valence-corrected chi connectivity index (χ1v) is 3.92. The first-order chi connectivity index (χ1) is 5.22. The van der Waals surface area contributed by atoms with Crippen LogP contribution in [0.1, 0.15) is 26.7 Å². The Bertz CT molecular complexity index is 117. The molecule has 0 saturated heterocycles. The number of nitrogens with zero attached hydrogens (tertiary/aromatic N) is 1. The monoisotopic (exact) mass is 160 g/mol. The van der Waals surface area contributed by atoms with Gasteiger partial charge in [-0.3, -0.25) is 4.84 Å². The van der Waals surface area contributed by atoms with E-state index < -0.39 is 6.03 Å². The zero-order valence-electron chi connectivity index (χ0n) is 7.17. The fraction of sp³-hybridized carbons (Fsp3) is 0.857. The minimum absolute atomic E-state index is 0.479. The Morgan fingerprint density at radius 1 is 1.55 bits per heavy atom. The van der Waals surface area contributed by atoms with Crippen molar-refractivity contribution in [2.45, 2.75) is 26.7 Å². The Kier molecular flexibility index (Phi) is 5.56. The number of nitrogens with two attached hydrogens (primary N) is 1. The van der Waals surface area contributed by atoms with Gasteiger partial charge in [0.05, 0.1) is 13.2 Å². The van der Waals surface area contributed by atoms with Crippen molar-refractivity contribution >= 4 is 6.03 Å². The number of hydrogen-bond acceptors (Lipinski definition) is 2. The molecule has 0 aromatic carbocycles. The maximum atomic E-state index is 10.6. The number of carbonyl (C=O) groups is 1. The highest BCUT2D eigenvalue weighted by molar-refractivity contribution is 5.70. The van der Waals surface area contributed by atoms with Gasteiger partial charge in [-0.05, 0) is 13.3 Å². The molecular weight excluding hydrogens is 144 g/mol. The lowest BCUT2D eigenvalue weighted by molar-refractivity contribution is -0.110. The van der Waals surface area contributed by atoms with Gasteiger partial charge in [-0.25, -0.2) is 9.86 Å². The summed E-state index contributed by atoms with van der Waals surface area (Å²) in [6, 6.07) is -0.514. The normalized spacial score (nSPS) is 9.64. The molecule has 0 radical (unpaired) electrons. The summed E-state index contributed by atoms with van der Waals surface area (Å²) in [4.78, 5) is 15.6. The quantitative estimate of drug-likeness (QED) is 0.613. The first kappa shape index (κ1) is 10.2.